The Bertz CT molecular complexity index is 425. The minimum Gasteiger partial charge on any atom is -0.378 e. The Morgan fingerprint density at radius 1 is 1.25 bits per heavy atom. The molecule has 6 nitrogen and oxygen atoms in total. The summed E-state index contributed by atoms with van der Waals surface area (Å²) in [5.41, 5.74) is 0. The lowest BCUT2D eigenvalue weighted by atomic mass is 10.1. The van der Waals surface area contributed by atoms with Gasteiger partial charge in [0.15, 0.2) is 0 Å². The van der Waals surface area contributed by atoms with E-state index in [0.717, 1.165) is 32.4 Å². The van der Waals surface area contributed by atoms with Crippen LogP contribution in [0.25, 0.3) is 0 Å². The van der Waals surface area contributed by atoms with Gasteiger partial charge in [-0.05, 0) is 24.4 Å². The van der Waals surface area contributed by atoms with E-state index in [0.29, 0.717) is 31.2 Å². The van der Waals surface area contributed by atoms with Gasteiger partial charge in [-0.25, -0.2) is 0 Å². The monoisotopic (exact) mass is 299 g/mol. The average molecular weight is 300 g/mol. The number of ether oxygens (including phenoxy) is 1. The summed E-state index contributed by atoms with van der Waals surface area (Å²) in [4.78, 5) is 14.9. The normalized spacial score (nSPS) is 17.1. The van der Waals surface area contributed by atoms with Crippen LogP contribution >= 0.6 is 11.6 Å². The molecule has 1 aromatic heterocycles. The van der Waals surface area contributed by atoms with Crippen molar-refractivity contribution >= 4 is 23.5 Å². The predicted molar refractivity (Wildman–Crippen MR) is 80.5 cm³/mol. The molecule has 0 amide bonds. The van der Waals surface area contributed by atoms with Gasteiger partial charge in [0, 0.05) is 19.1 Å². The summed E-state index contributed by atoms with van der Waals surface area (Å²) < 4.78 is 5.33. The van der Waals surface area contributed by atoms with E-state index in [9.17, 15) is 0 Å². The number of anilines is 2. The molecule has 1 unspecified atom stereocenters. The molecule has 0 spiro atoms. The largest absolute Gasteiger partial charge is 0.378 e. The van der Waals surface area contributed by atoms with E-state index >= 15 is 0 Å². The standard InChI is InChI=1S/C13H22ClN5O/c1-3-5-10(4-2)15-12-16-11(14)17-13(18-12)19-6-8-20-9-7-19/h10H,3-9H2,1-2H3,(H,15,16,17,18). The lowest BCUT2D eigenvalue weighted by Crippen LogP contribution is -2.37. The van der Waals surface area contributed by atoms with Crippen molar-refractivity contribution in [3.05, 3.63) is 5.28 Å². The quantitative estimate of drug-likeness (QED) is 0.870. The van der Waals surface area contributed by atoms with Crippen molar-refractivity contribution in [1.82, 2.24) is 15.0 Å². The summed E-state index contributed by atoms with van der Waals surface area (Å²) in [7, 11) is 0. The van der Waals surface area contributed by atoms with Crippen molar-refractivity contribution in [2.45, 2.75) is 39.2 Å². The molecule has 0 saturated carbocycles. The number of nitrogens with one attached hydrogen (secondary N) is 1. The van der Waals surface area contributed by atoms with Crippen molar-refractivity contribution in [3.8, 4) is 0 Å². The van der Waals surface area contributed by atoms with Crippen molar-refractivity contribution in [1.29, 1.82) is 0 Å². The Balaban J connectivity index is 2.10. The molecule has 20 heavy (non-hydrogen) atoms. The van der Waals surface area contributed by atoms with E-state index in [2.05, 4.69) is 39.0 Å². The summed E-state index contributed by atoms with van der Waals surface area (Å²) >= 11 is 6.01. The Morgan fingerprint density at radius 3 is 2.65 bits per heavy atom. The van der Waals surface area contributed by atoms with E-state index in [4.69, 9.17) is 16.3 Å². The van der Waals surface area contributed by atoms with Crippen LogP contribution in [0.4, 0.5) is 11.9 Å². The number of hydrogen-bond acceptors (Lipinski definition) is 6. The maximum atomic E-state index is 6.01. The van der Waals surface area contributed by atoms with E-state index < -0.39 is 0 Å². The summed E-state index contributed by atoms with van der Waals surface area (Å²) in [6, 6.07) is 0.371. The smallest absolute Gasteiger partial charge is 0.231 e. The molecule has 2 rings (SSSR count). The molecule has 1 fully saturated rings. The van der Waals surface area contributed by atoms with Crippen molar-refractivity contribution in [2.75, 3.05) is 36.5 Å². The van der Waals surface area contributed by atoms with E-state index in [-0.39, 0.29) is 5.28 Å². The number of hydrogen-bond donors (Lipinski definition) is 1. The molecular formula is C13H22ClN5O. The van der Waals surface area contributed by atoms with Gasteiger partial charge >= 0.3 is 0 Å². The third-order valence-electron chi connectivity index (χ3n) is 3.35. The van der Waals surface area contributed by atoms with Gasteiger partial charge in [0.1, 0.15) is 0 Å². The number of halogens is 1. The minimum atomic E-state index is 0.232. The van der Waals surface area contributed by atoms with Gasteiger partial charge < -0.3 is 15.0 Å². The fourth-order valence-corrected chi connectivity index (χ4v) is 2.37. The first-order chi connectivity index (χ1) is 9.72. The van der Waals surface area contributed by atoms with Gasteiger partial charge in [0.05, 0.1) is 13.2 Å². The zero-order valence-corrected chi connectivity index (χ0v) is 12.9. The lowest BCUT2D eigenvalue weighted by molar-refractivity contribution is 0.122. The third kappa shape index (κ3) is 4.18. The second-order valence-corrected chi connectivity index (χ2v) is 5.20. The van der Waals surface area contributed by atoms with E-state index in [1.807, 2.05) is 0 Å². The first-order valence-electron chi connectivity index (χ1n) is 7.23. The van der Waals surface area contributed by atoms with Gasteiger partial charge in [-0.15, -0.1) is 0 Å². The number of rotatable bonds is 6. The molecular weight excluding hydrogens is 278 g/mol. The zero-order valence-electron chi connectivity index (χ0n) is 12.1. The number of nitrogens with zero attached hydrogens (tertiary/aromatic N) is 4. The van der Waals surface area contributed by atoms with Crippen molar-refractivity contribution in [3.63, 3.8) is 0 Å². The molecule has 0 aromatic carbocycles. The molecule has 1 atom stereocenters. The van der Waals surface area contributed by atoms with E-state index in [1.54, 1.807) is 0 Å². The minimum absolute atomic E-state index is 0.232. The maximum absolute atomic E-state index is 6.01. The number of aromatic nitrogens is 3. The van der Waals surface area contributed by atoms with Gasteiger partial charge in [-0.2, -0.15) is 15.0 Å². The first kappa shape index (κ1) is 15.3. The van der Waals surface area contributed by atoms with Crippen LogP contribution in [0.2, 0.25) is 5.28 Å². The van der Waals surface area contributed by atoms with Gasteiger partial charge in [0.25, 0.3) is 0 Å². The van der Waals surface area contributed by atoms with Crippen LogP contribution in [0.1, 0.15) is 33.1 Å². The molecule has 1 aromatic rings. The van der Waals surface area contributed by atoms with E-state index in [1.165, 1.54) is 0 Å². The first-order valence-corrected chi connectivity index (χ1v) is 7.61. The molecule has 112 valence electrons. The van der Waals surface area contributed by atoms with Crippen molar-refractivity contribution in [2.24, 2.45) is 0 Å². The van der Waals surface area contributed by atoms with Crippen LogP contribution in [-0.4, -0.2) is 47.3 Å². The van der Waals surface area contributed by atoms with Crippen LogP contribution < -0.4 is 10.2 Å². The summed E-state index contributed by atoms with van der Waals surface area (Å²) in [5.74, 6) is 1.19. The van der Waals surface area contributed by atoms with Crippen LogP contribution in [0.3, 0.4) is 0 Å². The maximum Gasteiger partial charge on any atom is 0.231 e. The summed E-state index contributed by atoms with van der Waals surface area (Å²) in [6.07, 6.45) is 3.25. The highest BCUT2D eigenvalue weighted by Crippen LogP contribution is 2.17. The SMILES string of the molecule is CCCC(CC)Nc1nc(Cl)nc(N2CCOCC2)n1. The summed E-state index contributed by atoms with van der Waals surface area (Å²) in [5, 5.41) is 3.58. The van der Waals surface area contributed by atoms with Crippen molar-refractivity contribution < 1.29 is 4.74 Å². The Kier molecular flexibility index (Phi) is 5.79. The van der Waals surface area contributed by atoms with Gasteiger partial charge in [0.2, 0.25) is 17.2 Å². The zero-order chi connectivity index (χ0) is 14.4. The molecule has 1 aliphatic heterocycles. The second kappa shape index (κ2) is 7.59. The molecule has 7 heteroatoms. The van der Waals surface area contributed by atoms with Crippen LogP contribution in [0, 0.1) is 0 Å². The Hall–Kier alpha value is -1.14. The highest BCUT2D eigenvalue weighted by atomic mass is 35.5. The molecule has 0 aliphatic carbocycles. The van der Waals surface area contributed by atoms with Gasteiger partial charge in [-0.1, -0.05) is 20.3 Å². The highest BCUT2D eigenvalue weighted by Gasteiger charge is 2.17. The Morgan fingerprint density at radius 2 is 2.00 bits per heavy atom. The molecule has 2 heterocycles. The third-order valence-corrected chi connectivity index (χ3v) is 3.52. The lowest BCUT2D eigenvalue weighted by Gasteiger charge is -2.27. The molecule has 0 radical (unpaired) electrons. The molecule has 1 N–H and O–H groups in total. The van der Waals surface area contributed by atoms with Crippen LogP contribution in [-0.2, 0) is 4.74 Å². The topological polar surface area (TPSA) is 63.2 Å². The van der Waals surface area contributed by atoms with Crippen LogP contribution in [0.15, 0.2) is 0 Å². The Labute approximate surface area is 124 Å². The fourth-order valence-electron chi connectivity index (χ4n) is 2.22. The number of morpholine rings is 1. The fraction of sp³-hybridized carbons (Fsp3) is 0.769. The molecule has 0 bridgehead atoms. The highest BCUT2D eigenvalue weighted by molar-refractivity contribution is 6.28. The van der Waals surface area contributed by atoms with Gasteiger partial charge in [-0.3, -0.25) is 0 Å². The molecule has 1 saturated heterocycles. The van der Waals surface area contributed by atoms with Crippen LogP contribution in [0.5, 0.6) is 0 Å². The summed E-state index contributed by atoms with van der Waals surface area (Å²) in [6.45, 7) is 7.28. The molecule has 1 aliphatic rings. The average Bonchev–Trinajstić information content (AvgIpc) is 2.47. The second-order valence-electron chi connectivity index (χ2n) is 4.87. The predicted octanol–water partition coefficient (Wildman–Crippen LogP) is 2.35.